The van der Waals surface area contributed by atoms with Gasteiger partial charge in [0.05, 0.1) is 0 Å². The van der Waals surface area contributed by atoms with Crippen LogP contribution in [0.1, 0.15) is 39.0 Å². The minimum Gasteiger partial charge on any atom is -0.356 e. The van der Waals surface area contributed by atoms with Gasteiger partial charge in [-0.15, -0.1) is 6.58 Å². The summed E-state index contributed by atoms with van der Waals surface area (Å²) in [6.07, 6.45) is 6.54. The molecular formula is C10H19NO. The van der Waals surface area contributed by atoms with Crippen LogP contribution in [0.2, 0.25) is 0 Å². The van der Waals surface area contributed by atoms with Gasteiger partial charge in [0, 0.05) is 13.0 Å². The van der Waals surface area contributed by atoms with Gasteiger partial charge in [-0.1, -0.05) is 19.4 Å². The van der Waals surface area contributed by atoms with Gasteiger partial charge in [0.1, 0.15) is 0 Å². The van der Waals surface area contributed by atoms with E-state index in [0.29, 0.717) is 6.42 Å². The molecule has 0 aliphatic carbocycles. The molecule has 2 nitrogen and oxygen atoms in total. The SMILES string of the molecule is C=CCCCC(=O)NCCCC. The molecule has 2 heteroatoms. The van der Waals surface area contributed by atoms with Gasteiger partial charge >= 0.3 is 0 Å². The van der Waals surface area contributed by atoms with E-state index >= 15 is 0 Å². The monoisotopic (exact) mass is 169 g/mol. The minimum atomic E-state index is 0.172. The number of carbonyl (C=O) groups excluding carboxylic acids is 1. The zero-order valence-electron chi connectivity index (χ0n) is 7.94. The Labute approximate surface area is 75.0 Å². The Morgan fingerprint density at radius 1 is 1.50 bits per heavy atom. The molecule has 0 rings (SSSR count). The van der Waals surface area contributed by atoms with Crippen LogP contribution in [0.15, 0.2) is 12.7 Å². The molecule has 0 heterocycles. The van der Waals surface area contributed by atoms with E-state index < -0.39 is 0 Å². The molecule has 0 atom stereocenters. The van der Waals surface area contributed by atoms with Gasteiger partial charge in [-0.3, -0.25) is 4.79 Å². The van der Waals surface area contributed by atoms with E-state index in [1.165, 1.54) is 0 Å². The maximum atomic E-state index is 11.0. The predicted octanol–water partition coefficient (Wildman–Crippen LogP) is 2.26. The average molecular weight is 169 g/mol. The molecule has 1 amide bonds. The van der Waals surface area contributed by atoms with Crippen molar-refractivity contribution in [2.75, 3.05) is 6.54 Å². The summed E-state index contributed by atoms with van der Waals surface area (Å²) in [6.45, 7) is 6.54. The number of carbonyl (C=O) groups is 1. The Bertz CT molecular complexity index is 132. The maximum absolute atomic E-state index is 11.0. The fourth-order valence-corrected chi connectivity index (χ4v) is 0.900. The number of hydrogen-bond acceptors (Lipinski definition) is 1. The number of unbranched alkanes of at least 4 members (excludes halogenated alkanes) is 2. The van der Waals surface area contributed by atoms with Crippen molar-refractivity contribution in [2.45, 2.75) is 39.0 Å². The van der Waals surface area contributed by atoms with Crippen molar-refractivity contribution in [3.05, 3.63) is 12.7 Å². The van der Waals surface area contributed by atoms with Gasteiger partial charge in [-0.05, 0) is 19.3 Å². The molecule has 0 aromatic rings. The Morgan fingerprint density at radius 2 is 2.25 bits per heavy atom. The second-order valence-corrected chi connectivity index (χ2v) is 2.88. The highest BCUT2D eigenvalue weighted by atomic mass is 16.1. The van der Waals surface area contributed by atoms with Gasteiger partial charge in [-0.25, -0.2) is 0 Å². The van der Waals surface area contributed by atoms with Gasteiger partial charge in [-0.2, -0.15) is 0 Å². The fraction of sp³-hybridized carbons (Fsp3) is 0.700. The first kappa shape index (κ1) is 11.2. The summed E-state index contributed by atoms with van der Waals surface area (Å²) in [7, 11) is 0. The lowest BCUT2D eigenvalue weighted by Gasteiger charge is -2.02. The lowest BCUT2D eigenvalue weighted by molar-refractivity contribution is -0.121. The molecule has 0 aliphatic rings. The third kappa shape index (κ3) is 7.32. The second kappa shape index (κ2) is 8.31. The summed E-state index contributed by atoms with van der Waals surface area (Å²) in [5, 5.41) is 2.87. The Balaban J connectivity index is 3.15. The summed E-state index contributed by atoms with van der Waals surface area (Å²) in [4.78, 5) is 11.0. The summed E-state index contributed by atoms with van der Waals surface area (Å²) < 4.78 is 0. The molecule has 0 radical (unpaired) electrons. The first-order valence-corrected chi connectivity index (χ1v) is 4.68. The van der Waals surface area contributed by atoms with Crippen molar-refractivity contribution in [3.8, 4) is 0 Å². The highest BCUT2D eigenvalue weighted by Crippen LogP contribution is 1.95. The Hall–Kier alpha value is -0.790. The topological polar surface area (TPSA) is 29.1 Å². The van der Waals surface area contributed by atoms with Gasteiger partial charge in [0.2, 0.25) is 5.91 Å². The largest absolute Gasteiger partial charge is 0.356 e. The van der Waals surface area contributed by atoms with Crippen molar-refractivity contribution in [1.82, 2.24) is 5.32 Å². The third-order valence-electron chi connectivity index (χ3n) is 1.66. The first-order chi connectivity index (χ1) is 5.81. The van der Waals surface area contributed by atoms with E-state index in [9.17, 15) is 4.79 Å². The number of hydrogen-bond donors (Lipinski definition) is 1. The number of rotatable bonds is 7. The van der Waals surface area contributed by atoms with Crippen LogP contribution >= 0.6 is 0 Å². The van der Waals surface area contributed by atoms with Crippen LogP contribution in [0, 0.1) is 0 Å². The molecule has 0 aromatic heterocycles. The molecule has 0 bridgehead atoms. The summed E-state index contributed by atoms with van der Waals surface area (Å²) in [5.74, 6) is 0.172. The maximum Gasteiger partial charge on any atom is 0.220 e. The normalized spacial score (nSPS) is 9.42. The van der Waals surface area contributed by atoms with Crippen molar-refractivity contribution in [1.29, 1.82) is 0 Å². The van der Waals surface area contributed by atoms with Gasteiger partial charge < -0.3 is 5.32 Å². The third-order valence-corrected chi connectivity index (χ3v) is 1.66. The molecule has 0 fully saturated rings. The molecule has 0 saturated heterocycles. The van der Waals surface area contributed by atoms with Crippen LogP contribution in [0.3, 0.4) is 0 Å². The van der Waals surface area contributed by atoms with Crippen LogP contribution in [0.5, 0.6) is 0 Å². The zero-order valence-corrected chi connectivity index (χ0v) is 7.94. The minimum absolute atomic E-state index is 0.172. The lowest BCUT2D eigenvalue weighted by Crippen LogP contribution is -2.23. The molecule has 0 spiro atoms. The summed E-state index contributed by atoms with van der Waals surface area (Å²) >= 11 is 0. The van der Waals surface area contributed by atoms with Gasteiger partial charge in [0.25, 0.3) is 0 Å². The van der Waals surface area contributed by atoms with Crippen LogP contribution in [0.4, 0.5) is 0 Å². The van der Waals surface area contributed by atoms with Crippen LogP contribution < -0.4 is 5.32 Å². The lowest BCUT2D eigenvalue weighted by atomic mass is 10.2. The van der Waals surface area contributed by atoms with E-state index in [0.717, 1.165) is 32.2 Å². The molecule has 70 valence electrons. The molecular weight excluding hydrogens is 150 g/mol. The Kier molecular flexibility index (Phi) is 7.76. The van der Waals surface area contributed by atoms with Crippen molar-refractivity contribution in [2.24, 2.45) is 0 Å². The van der Waals surface area contributed by atoms with Crippen molar-refractivity contribution < 1.29 is 4.79 Å². The van der Waals surface area contributed by atoms with Crippen LogP contribution in [-0.2, 0) is 4.79 Å². The zero-order chi connectivity index (χ0) is 9.23. The highest BCUT2D eigenvalue weighted by molar-refractivity contribution is 5.75. The van der Waals surface area contributed by atoms with Gasteiger partial charge in [0.15, 0.2) is 0 Å². The predicted molar refractivity (Wildman–Crippen MR) is 52.0 cm³/mol. The van der Waals surface area contributed by atoms with E-state index in [1.807, 2.05) is 6.08 Å². The summed E-state index contributed by atoms with van der Waals surface area (Å²) in [5.41, 5.74) is 0. The number of amides is 1. The molecule has 1 N–H and O–H groups in total. The van der Waals surface area contributed by atoms with Crippen molar-refractivity contribution in [3.63, 3.8) is 0 Å². The van der Waals surface area contributed by atoms with E-state index in [-0.39, 0.29) is 5.91 Å². The fourth-order valence-electron chi connectivity index (χ4n) is 0.900. The van der Waals surface area contributed by atoms with Crippen molar-refractivity contribution >= 4 is 5.91 Å². The molecule has 0 saturated carbocycles. The molecule has 12 heavy (non-hydrogen) atoms. The molecule has 0 aromatic carbocycles. The quantitative estimate of drug-likeness (QED) is 0.459. The van der Waals surface area contributed by atoms with Crippen LogP contribution in [0.25, 0.3) is 0 Å². The van der Waals surface area contributed by atoms with E-state index in [4.69, 9.17) is 0 Å². The number of allylic oxidation sites excluding steroid dienone is 1. The van der Waals surface area contributed by atoms with E-state index in [2.05, 4.69) is 18.8 Å². The molecule has 0 aliphatic heterocycles. The standard InChI is InChI=1S/C10H19NO/c1-3-5-7-8-10(12)11-9-6-4-2/h3H,1,4-9H2,2H3,(H,11,12). The average Bonchev–Trinajstić information content (AvgIpc) is 2.06. The number of nitrogens with one attached hydrogen (secondary N) is 1. The van der Waals surface area contributed by atoms with Crippen LogP contribution in [-0.4, -0.2) is 12.5 Å². The highest BCUT2D eigenvalue weighted by Gasteiger charge is 1.97. The smallest absolute Gasteiger partial charge is 0.220 e. The molecule has 0 unspecified atom stereocenters. The second-order valence-electron chi connectivity index (χ2n) is 2.88. The summed E-state index contributed by atoms with van der Waals surface area (Å²) in [6, 6.07) is 0. The van der Waals surface area contributed by atoms with E-state index in [1.54, 1.807) is 0 Å². The Morgan fingerprint density at radius 3 is 2.83 bits per heavy atom. The first-order valence-electron chi connectivity index (χ1n) is 4.68.